The van der Waals surface area contributed by atoms with Crippen molar-refractivity contribution < 1.29 is 29.9 Å². The molecule has 19 heavy (non-hydrogen) atoms. The van der Waals surface area contributed by atoms with E-state index >= 15 is 0 Å². The first kappa shape index (κ1) is 14.4. The molecule has 1 aromatic carbocycles. The molecule has 4 N–H and O–H groups in total. The van der Waals surface area contributed by atoms with Gasteiger partial charge in [-0.3, -0.25) is 0 Å². The zero-order valence-corrected chi connectivity index (χ0v) is 10.3. The molecule has 1 aliphatic heterocycles. The third-order valence-corrected chi connectivity index (χ3v) is 3.08. The Bertz CT molecular complexity index is 384. The molecule has 6 nitrogen and oxygen atoms in total. The SMILES string of the molecule is OCC(O)[C@H]1O[C@H](OCc2ccccc2)[C@H](O)[C@H]1O. The van der Waals surface area contributed by atoms with Crippen molar-refractivity contribution >= 4 is 0 Å². The minimum Gasteiger partial charge on any atom is -0.394 e. The summed E-state index contributed by atoms with van der Waals surface area (Å²) in [6.45, 7) is -0.336. The number of ether oxygens (including phenoxy) is 2. The van der Waals surface area contributed by atoms with Gasteiger partial charge in [0.25, 0.3) is 0 Å². The Morgan fingerprint density at radius 2 is 1.84 bits per heavy atom. The van der Waals surface area contributed by atoms with E-state index in [4.69, 9.17) is 14.6 Å². The van der Waals surface area contributed by atoms with E-state index in [0.717, 1.165) is 5.56 Å². The minimum atomic E-state index is -1.29. The first-order chi connectivity index (χ1) is 9.13. The highest BCUT2D eigenvalue weighted by Crippen LogP contribution is 2.25. The lowest BCUT2D eigenvalue weighted by molar-refractivity contribution is -0.186. The summed E-state index contributed by atoms with van der Waals surface area (Å²) in [7, 11) is 0. The topological polar surface area (TPSA) is 99.4 Å². The third kappa shape index (κ3) is 3.30. The average Bonchev–Trinajstić information content (AvgIpc) is 2.73. The number of hydrogen-bond donors (Lipinski definition) is 4. The molecule has 0 aromatic heterocycles. The predicted molar refractivity (Wildman–Crippen MR) is 65.0 cm³/mol. The molecule has 0 bridgehead atoms. The molecular weight excluding hydrogens is 252 g/mol. The van der Waals surface area contributed by atoms with E-state index in [1.54, 1.807) is 0 Å². The molecule has 1 aromatic rings. The van der Waals surface area contributed by atoms with Crippen molar-refractivity contribution in [2.45, 2.75) is 37.3 Å². The van der Waals surface area contributed by atoms with Crippen LogP contribution in [0.25, 0.3) is 0 Å². The molecule has 0 spiro atoms. The van der Waals surface area contributed by atoms with Gasteiger partial charge in [0.2, 0.25) is 0 Å². The van der Waals surface area contributed by atoms with Crippen LogP contribution in [0.15, 0.2) is 30.3 Å². The van der Waals surface area contributed by atoms with Gasteiger partial charge in [-0.15, -0.1) is 0 Å². The summed E-state index contributed by atoms with van der Waals surface area (Å²) in [5.74, 6) is 0. The van der Waals surface area contributed by atoms with Crippen molar-refractivity contribution in [2.75, 3.05) is 6.61 Å². The van der Waals surface area contributed by atoms with Crippen LogP contribution in [0.5, 0.6) is 0 Å². The van der Waals surface area contributed by atoms with E-state index in [1.807, 2.05) is 30.3 Å². The zero-order valence-electron chi connectivity index (χ0n) is 10.3. The van der Waals surface area contributed by atoms with Crippen LogP contribution in [0.3, 0.4) is 0 Å². The van der Waals surface area contributed by atoms with Gasteiger partial charge in [0.1, 0.15) is 24.4 Å². The first-order valence-corrected chi connectivity index (χ1v) is 6.09. The van der Waals surface area contributed by atoms with Crippen molar-refractivity contribution in [3.05, 3.63) is 35.9 Å². The van der Waals surface area contributed by atoms with Crippen LogP contribution in [-0.2, 0) is 16.1 Å². The van der Waals surface area contributed by atoms with Crippen LogP contribution in [0.1, 0.15) is 5.56 Å². The van der Waals surface area contributed by atoms with Crippen LogP contribution in [0.4, 0.5) is 0 Å². The zero-order chi connectivity index (χ0) is 13.8. The number of aliphatic hydroxyl groups excluding tert-OH is 4. The largest absolute Gasteiger partial charge is 0.394 e. The summed E-state index contributed by atoms with van der Waals surface area (Å²) in [6, 6.07) is 9.31. The lowest BCUT2D eigenvalue weighted by Gasteiger charge is -2.18. The van der Waals surface area contributed by atoms with Crippen LogP contribution >= 0.6 is 0 Å². The second kappa shape index (κ2) is 6.42. The quantitative estimate of drug-likeness (QED) is 0.548. The second-order valence-corrected chi connectivity index (χ2v) is 4.50. The molecule has 1 heterocycles. The fraction of sp³-hybridized carbons (Fsp3) is 0.538. The van der Waals surface area contributed by atoms with Gasteiger partial charge in [0.15, 0.2) is 6.29 Å². The third-order valence-electron chi connectivity index (χ3n) is 3.08. The maximum Gasteiger partial charge on any atom is 0.187 e. The summed E-state index contributed by atoms with van der Waals surface area (Å²) in [5, 5.41) is 37.7. The van der Waals surface area contributed by atoms with Crippen molar-refractivity contribution in [2.24, 2.45) is 0 Å². The Labute approximate surface area is 110 Å². The van der Waals surface area contributed by atoms with Crippen LogP contribution in [0, 0.1) is 0 Å². The fourth-order valence-electron chi connectivity index (χ4n) is 1.98. The smallest absolute Gasteiger partial charge is 0.187 e. The standard InChI is InChI=1S/C13H18O6/c14-6-9(15)12-10(16)11(17)13(19-12)18-7-8-4-2-1-3-5-8/h1-5,9-17H,6-7H2/t9?,10-,11-,12-,13+/m1/s1. The van der Waals surface area contributed by atoms with E-state index in [9.17, 15) is 15.3 Å². The van der Waals surface area contributed by atoms with E-state index < -0.39 is 37.3 Å². The number of benzene rings is 1. The van der Waals surface area contributed by atoms with E-state index in [0.29, 0.717) is 0 Å². The predicted octanol–water partition coefficient (Wildman–Crippen LogP) is -0.997. The highest BCUT2D eigenvalue weighted by Gasteiger charge is 2.46. The Morgan fingerprint density at radius 1 is 1.16 bits per heavy atom. The van der Waals surface area contributed by atoms with Gasteiger partial charge < -0.3 is 29.9 Å². The molecule has 1 unspecified atom stereocenters. The number of aliphatic hydroxyl groups is 4. The van der Waals surface area contributed by atoms with Gasteiger partial charge in [-0.2, -0.15) is 0 Å². The van der Waals surface area contributed by atoms with E-state index in [2.05, 4.69) is 0 Å². The summed E-state index contributed by atoms with van der Waals surface area (Å²) >= 11 is 0. The van der Waals surface area contributed by atoms with Gasteiger partial charge in [-0.05, 0) is 5.56 Å². The molecule has 0 amide bonds. The summed E-state index contributed by atoms with van der Waals surface area (Å²) in [6.07, 6.45) is -5.88. The average molecular weight is 270 g/mol. The van der Waals surface area contributed by atoms with Gasteiger partial charge >= 0.3 is 0 Å². The Hall–Kier alpha value is -1.02. The fourth-order valence-corrected chi connectivity index (χ4v) is 1.98. The number of rotatable bonds is 5. The van der Waals surface area contributed by atoms with Gasteiger partial charge in [-0.25, -0.2) is 0 Å². The number of hydrogen-bond acceptors (Lipinski definition) is 6. The molecule has 1 saturated heterocycles. The van der Waals surface area contributed by atoms with Gasteiger partial charge in [0.05, 0.1) is 13.2 Å². The maximum absolute atomic E-state index is 9.76. The maximum atomic E-state index is 9.76. The normalized spacial score (nSPS) is 32.4. The van der Waals surface area contributed by atoms with E-state index in [-0.39, 0.29) is 6.61 Å². The summed E-state index contributed by atoms with van der Waals surface area (Å²) in [4.78, 5) is 0. The molecule has 0 saturated carbocycles. The molecule has 6 heteroatoms. The second-order valence-electron chi connectivity index (χ2n) is 4.50. The molecule has 106 valence electrons. The Morgan fingerprint density at radius 3 is 2.47 bits per heavy atom. The molecule has 0 aliphatic carbocycles. The van der Waals surface area contributed by atoms with Crippen LogP contribution in [0.2, 0.25) is 0 Å². The first-order valence-electron chi connectivity index (χ1n) is 6.09. The van der Waals surface area contributed by atoms with Gasteiger partial charge in [0, 0.05) is 0 Å². The van der Waals surface area contributed by atoms with Crippen molar-refractivity contribution in [1.29, 1.82) is 0 Å². The highest BCUT2D eigenvalue weighted by molar-refractivity contribution is 5.13. The van der Waals surface area contributed by atoms with Crippen LogP contribution in [-0.4, -0.2) is 57.7 Å². The molecule has 1 fully saturated rings. The summed E-state index contributed by atoms with van der Waals surface area (Å²) < 4.78 is 10.6. The van der Waals surface area contributed by atoms with Crippen molar-refractivity contribution in [3.63, 3.8) is 0 Å². The lowest BCUT2D eigenvalue weighted by atomic mass is 10.1. The monoisotopic (exact) mass is 270 g/mol. The van der Waals surface area contributed by atoms with E-state index in [1.165, 1.54) is 0 Å². The molecule has 5 atom stereocenters. The summed E-state index contributed by atoms with van der Waals surface area (Å²) in [5.41, 5.74) is 0.902. The Kier molecular flexibility index (Phi) is 4.87. The Balaban J connectivity index is 1.91. The van der Waals surface area contributed by atoms with Crippen molar-refractivity contribution in [3.8, 4) is 0 Å². The minimum absolute atomic E-state index is 0.219. The molecule has 1 aliphatic rings. The molecular formula is C13H18O6. The highest BCUT2D eigenvalue weighted by atomic mass is 16.7. The lowest BCUT2D eigenvalue weighted by Crippen LogP contribution is -2.40. The molecule has 0 radical (unpaired) electrons. The molecule has 2 rings (SSSR count). The van der Waals surface area contributed by atoms with Gasteiger partial charge in [-0.1, -0.05) is 30.3 Å². The van der Waals surface area contributed by atoms with Crippen molar-refractivity contribution in [1.82, 2.24) is 0 Å². The van der Waals surface area contributed by atoms with Crippen LogP contribution < -0.4 is 0 Å².